The Morgan fingerprint density at radius 1 is 1.14 bits per heavy atom. The minimum Gasteiger partial charge on any atom is -0.377 e. The number of nitrogens with one attached hydrogen (secondary N) is 2. The van der Waals surface area contributed by atoms with E-state index >= 15 is 0 Å². The smallest absolute Gasteiger partial charge is 0.0699 e. The lowest BCUT2D eigenvalue weighted by molar-refractivity contribution is 0.0148. The Balaban J connectivity index is 1.60. The highest BCUT2D eigenvalue weighted by molar-refractivity contribution is 4.76. The molecule has 2 heterocycles. The average molecular weight is 198 g/mol. The number of ether oxygens (including phenoxy) is 1. The molecule has 1 atom stereocenters. The van der Waals surface area contributed by atoms with Gasteiger partial charge in [-0.1, -0.05) is 0 Å². The SMILES string of the molecule is C1CCC(CNC2CCNCC2)OC1. The Bertz CT molecular complexity index is 133. The van der Waals surface area contributed by atoms with Crippen LogP contribution in [0.25, 0.3) is 0 Å². The minimum absolute atomic E-state index is 0.485. The van der Waals surface area contributed by atoms with Gasteiger partial charge in [0, 0.05) is 19.2 Å². The van der Waals surface area contributed by atoms with Crippen LogP contribution in [0.15, 0.2) is 0 Å². The summed E-state index contributed by atoms with van der Waals surface area (Å²) in [5.41, 5.74) is 0. The van der Waals surface area contributed by atoms with Crippen LogP contribution in [-0.4, -0.2) is 38.4 Å². The molecule has 2 aliphatic rings. The summed E-state index contributed by atoms with van der Waals surface area (Å²) in [6, 6.07) is 0.724. The zero-order valence-electron chi connectivity index (χ0n) is 8.93. The molecule has 3 nitrogen and oxygen atoms in total. The van der Waals surface area contributed by atoms with Crippen LogP contribution in [0.1, 0.15) is 32.1 Å². The molecule has 0 aliphatic carbocycles. The summed E-state index contributed by atoms with van der Waals surface area (Å²) < 4.78 is 5.69. The molecule has 3 heteroatoms. The fraction of sp³-hybridized carbons (Fsp3) is 1.00. The first-order chi connectivity index (χ1) is 6.95. The summed E-state index contributed by atoms with van der Waals surface area (Å²) in [5, 5.41) is 7.01. The van der Waals surface area contributed by atoms with E-state index in [9.17, 15) is 0 Å². The van der Waals surface area contributed by atoms with Crippen molar-refractivity contribution in [3.63, 3.8) is 0 Å². The van der Waals surface area contributed by atoms with E-state index in [0.717, 1.165) is 19.2 Å². The van der Waals surface area contributed by atoms with Gasteiger partial charge in [0.05, 0.1) is 6.10 Å². The molecular weight excluding hydrogens is 176 g/mol. The normalized spacial score (nSPS) is 30.4. The summed E-state index contributed by atoms with van der Waals surface area (Å²) >= 11 is 0. The molecule has 0 amide bonds. The van der Waals surface area contributed by atoms with E-state index in [4.69, 9.17) is 4.74 Å². The van der Waals surface area contributed by atoms with Gasteiger partial charge in [-0.05, 0) is 45.2 Å². The maximum absolute atomic E-state index is 5.69. The highest BCUT2D eigenvalue weighted by Gasteiger charge is 2.17. The predicted molar refractivity (Wildman–Crippen MR) is 57.5 cm³/mol. The second-order valence-electron chi connectivity index (χ2n) is 4.42. The van der Waals surface area contributed by atoms with Crippen molar-refractivity contribution in [3.8, 4) is 0 Å². The zero-order chi connectivity index (χ0) is 9.64. The Labute approximate surface area is 86.6 Å². The van der Waals surface area contributed by atoms with Gasteiger partial charge in [0.2, 0.25) is 0 Å². The molecule has 0 bridgehead atoms. The summed E-state index contributed by atoms with van der Waals surface area (Å²) in [6.45, 7) is 4.37. The van der Waals surface area contributed by atoms with Crippen molar-refractivity contribution < 1.29 is 4.74 Å². The van der Waals surface area contributed by atoms with E-state index in [-0.39, 0.29) is 0 Å². The van der Waals surface area contributed by atoms with Gasteiger partial charge in [0.1, 0.15) is 0 Å². The Morgan fingerprint density at radius 3 is 2.71 bits per heavy atom. The van der Waals surface area contributed by atoms with Gasteiger partial charge in [-0.25, -0.2) is 0 Å². The highest BCUT2D eigenvalue weighted by Crippen LogP contribution is 2.12. The van der Waals surface area contributed by atoms with Crippen molar-refractivity contribution >= 4 is 0 Å². The topological polar surface area (TPSA) is 33.3 Å². The van der Waals surface area contributed by atoms with Crippen molar-refractivity contribution in [1.82, 2.24) is 10.6 Å². The van der Waals surface area contributed by atoms with Gasteiger partial charge in [-0.3, -0.25) is 0 Å². The van der Waals surface area contributed by atoms with Gasteiger partial charge in [0.15, 0.2) is 0 Å². The van der Waals surface area contributed by atoms with Crippen molar-refractivity contribution in [2.75, 3.05) is 26.2 Å². The maximum Gasteiger partial charge on any atom is 0.0699 e. The van der Waals surface area contributed by atoms with Crippen molar-refractivity contribution in [2.24, 2.45) is 0 Å². The van der Waals surface area contributed by atoms with Crippen LogP contribution in [0.5, 0.6) is 0 Å². The Morgan fingerprint density at radius 2 is 2.00 bits per heavy atom. The molecule has 0 spiro atoms. The van der Waals surface area contributed by atoms with Crippen LogP contribution in [-0.2, 0) is 4.74 Å². The maximum atomic E-state index is 5.69. The van der Waals surface area contributed by atoms with E-state index < -0.39 is 0 Å². The number of hydrogen-bond donors (Lipinski definition) is 2. The molecule has 0 aromatic rings. The molecule has 2 rings (SSSR count). The van der Waals surface area contributed by atoms with Crippen molar-refractivity contribution in [3.05, 3.63) is 0 Å². The zero-order valence-corrected chi connectivity index (χ0v) is 8.93. The molecule has 14 heavy (non-hydrogen) atoms. The quantitative estimate of drug-likeness (QED) is 0.707. The summed E-state index contributed by atoms with van der Waals surface area (Å²) in [7, 11) is 0. The molecule has 2 N–H and O–H groups in total. The molecular formula is C11H22N2O. The van der Waals surface area contributed by atoms with Gasteiger partial charge in [-0.2, -0.15) is 0 Å². The van der Waals surface area contributed by atoms with Gasteiger partial charge >= 0.3 is 0 Å². The number of hydrogen-bond acceptors (Lipinski definition) is 3. The molecule has 82 valence electrons. The lowest BCUT2D eigenvalue weighted by Crippen LogP contribution is -2.43. The highest BCUT2D eigenvalue weighted by atomic mass is 16.5. The largest absolute Gasteiger partial charge is 0.377 e. The van der Waals surface area contributed by atoms with E-state index in [1.807, 2.05) is 0 Å². The van der Waals surface area contributed by atoms with E-state index in [0.29, 0.717) is 6.10 Å². The van der Waals surface area contributed by atoms with E-state index in [1.165, 1.54) is 45.2 Å². The standard InChI is InChI=1S/C11H22N2O/c1-2-8-14-11(3-1)9-13-10-4-6-12-7-5-10/h10-13H,1-9H2. The van der Waals surface area contributed by atoms with Crippen molar-refractivity contribution in [1.29, 1.82) is 0 Å². The summed E-state index contributed by atoms with van der Waals surface area (Å²) in [5.74, 6) is 0. The molecule has 2 aliphatic heterocycles. The third-order valence-corrected chi connectivity index (χ3v) is 3.25. The van der Waals surface area contributed by atoms with Crippen LogP contribution in [0.2, 0.25) is 0 Å². The molecule has 0 aromatic carbocycles. The monoisotopic (exact) mass is 198 g/mol. The molecule has 1 unspecified atom stereocenters. The molecule has 2 saturated heterocycles. The molecule has 2 fully saturated rings. The van der Waals surface area contributed by atoms with Crippen molar-refractivity contribution in [2.45, 2.75) is 44.2 Å². The number of piperidine rings is 1. The lowest BCUT2D eigenvalue weighted by atomic mass is 10.1. The fourth-order valence-corrected chi connectivity index (χ4v) is 2.29. The Hall–Kier alpha value is -0.120. The van der Waals surface area contributed by atoms with Gasteiger partial charge < -0.3 is 15.4 Å². The summed E-state index contributed by atoms with van der Waals surface area (Å²) in [4.78, 5) is 0. The van der Waals surface area contributed by atoms with Crippen LogP contribution in [0.4, 0.5) is 0 Å². The van der Waals surface area contributed by atoms with E-state index in [1.54, 1.807) is 0 Å². The first kappa shape index (κ1) is 10.4. The molecule has 0 aromatic heterocycles. The van der Waals surface area contributed by atoms with Crippen LogP contribution >= 0.6 is 0 Å². The third kappa shape index (κ3) is 3.23. The first-order valence-corrected chi connectivity index (χ1v) is 6.01. The molecule has 0 saturated carbocycles. The first-order valence-electron chi connectivity index (χ1n) is 6.01. The average Bonchev–Trinajstić information content (AvgIpc) is 2.29. The van der Waals surface area contributed by atoms with Crippen LogP contribution in [0.3, 0.4) is 0 Å². The third-order valence-electron chi connectivity index (χ3n) is 3.25. The molecule has 0 radical (unpaired) electrons. The van der Waals surface area contributed by atoms with E-state index in [2.05, 4.69) is 10.6 Å². The minimum atomic E-state index is 0.485. The van der Waals surface area contributed by atoms with Gasteiger partial charge in [0.25, 0.3) is 0 Å². The second-order valence-corrected chi connectivity index (χ2v) is 4.42. The fourth-order valence-electron chi connectivity index (χ4n) is 2.29. The van der Waals surface area contributed by atoms with Gasteiger partial charge in [-0.15, -0.1) is 0 Å². The summed E-state index contributed by atoms with van der Waals surface area (Å²) in [6.07, 6.45) is 6.87. The number of rotatable bonds is 3. The lowest BCUT2D eigenvalue weighted by Gasteiger charge is -2.28. The van der Waals surface area contributed by atoms with Crippen LogP contribution in [0, 0.1) is 0 Å². The Kier molecular flexibility index (Phi) is 4.22. The predicted octanol–water partition coefficient (Wildman–Crippen LogP) is 0.897. The second kappa shape index (κ2) is 5.69. The van der Waals surface area contributed by atoms with Crippen LogP contribution < -0.4 is 10.6 Å².